The summed E-state index contributed by atoms with van der Waals surface area (Å²) in [4.78, 5) is 52.7. The molecule has 8 rings (SSSR count). The Kier molecular flexibility index (Phi) is 2.36. The predicted octanol–water partition coefficient (Wildman–Crippen LogP) is 1.55. The predicted molar refractivity (Wildman–Crippen MR) is 92.4 cm³/mol. The zero-order chi connectivity index (χ0) is 19.4. The lowest BCUT2D eigenvalue weighted by atomic mass is 9.37. The third kappa shape index (κ3) is 1.03. The molecule has 2 spiro atoms. The Bertz CT molecular complexity index is 850. The van der Waals surface area contributed by atoms with E-state index in [-0.39, 0.29) is 59.0 Å². The number of rotatable bonds is 2. The Morgan fingerprint density at radius 3 is 1.43 bits per heavy atom. The maximum absolute atomic E-state index is 13.5. The summed E-state index contributed by atoms with van der Waals surface area (Å²) in [7, 11) is 2.79. The molecule has 10 atom stereocenters. The highest BCUT2D eigenvalue weighted by Crippen LogP contribution is 2.99. The summed E-state index contributed by atoms with van der Waals surface area (Å²) in [6, 6.07) is 0. The Balaban J connectivity index is 1.53. The van der Waals surface area contributed by atoms with E-state index in [1.165, 1.54) is 14.2 Å². The van der Waals surface area contributed by atoms with Gasteiger partial charge in [-0.15, -0.1) is 0 Å². The van der Waals surface area contributed by atoms with Gasteiger partial charge in [-0.2, -0.15) is 0 Å². The molecule has 8 fully saturated rings. The number of hydrogen-bond acceptors (Lipinski definition) is 6. The summed E-state index contributed by atoms with van der Waals surface area (Å²) in [6.45, 7) is 0. The number of methoxy groups -OCH3 is 2. The van der Waals surface area contributed by atoms with Crippen molar-refractivity contribution in [1.29, 1.82) is 0 Å². The van der Waals surface area contributed by atoms with Gasteiger partial charge in [0.05, 0.1) is 25.0 Å². The van der Waals surface area contributed by atoms with E-state index in [2.05, 4.69) is 0 Å². The first kappa shape index (κ1) is 16.1. The van der Waals surface area contributed by atoms with Gasteiger partial charge < -0.3 is 9.47 Å². The van der Waals surface area contributed by atoms with E-state index in [0.717, 1.165) is 12.8 Å². The fraction of sp³-hybridized carbons (Fsp3) is 0.818. The molecule has 8 saturated carbocycles. The molecular formula is C22H24O6. The minimum absolute atomic E-state index is 0.0230. The van der Waals surface area contributed by atoms with E-state index in [4.69, 9.17) is 9.47 Å². The summed E-state index contributed by atoms with van der Waals surface area (Å²) >= 11 is 0. The van der Waals surface area contributed by atoms with Crippen LogP contribution in [0, 0.1) is 57.2 Å². The molecular weight excluding hydrogens is 360 g/mol. The average molecular weight is 384 g/mol. The van der Waals surface area contributed by atoms with Crippen molar-refractivity contribution in [1.82, 2.24) is 0 Å². The first-order valence-corrected chi connectivity index (χ1v) is 10.6. The highest BCUT2D eigenvalue weighted by atomic mass is 16.5. The van der Waals surface area contributed by atoms with Crippen LogP contribution in [0.3, 0.4) is 0 Å². The first-order valence-electron chi connectivity index (χ1n) is 10.6. The lowest BCUT2D eigenvalue weighted by molar-refractivity contribution is -0.221. The van der Waals surface area contributed by atoms with Gasteiger partial charge >= 0.3 is 11.9 Å². The summed E-state index contributed by atoms with van der Waals surface area (Å²) in [5.74, 6) is 0.00431. The minimum Gasteiger partial charge on any atom is -0.469 e. The van der Waals surface area contributed by atoms with Crippen LogP contribution < -0.4 is 0 Å². The molecule has 0 unspecified atom stereocenters. The fourth-order valence-corrected chi connectivity index (χ4v) is 10.9. The molecule has 6 nitrogen and oxygen atoms in total. The third-order valence-electron chi connectivity index (χ3n) is 11.1. The zero-order valence-corrected chi connectivity index (χ0v) is 16.2. The normalized spacial score (nSPS) is 60.6. The average Bonchev–Trinajstić information content (AvgIpc) is 3.48. The first-order chi connectivity index (χ1) is 13.4. The number of ketones is 2. The van der Waals surface area contributed by atoms with Crippen molar-refractivity contribution in [3.05, 3.63) is 0 Å². The van der Waals surface area contributed by atoms with Crippen molar-refractivity contribution in [2.24, 2.45) is 57.2 Å². The van der Waals surface area contributed by atoms with Gasteiger partial charge in [-0.3, -0.25) is 19.2 Å². The monoisotopic (exact) mass is 384 g/mol. The van der Waals surface area contributed by atoms with Gasteiger partial charge in [0, 0.05) is 23.7 Å². The second-order valence-electron chi connectivity index (χ2n) is 10.6. The number of carbonyl (C=O) groups excluding carboxylic acids is 4. The number of ether oxygens (including phenoxy) is 2. The van der Waals surface area contributed by atoms with Crippen LogP contribution in [-0.2, 0) is 28.7 Å². The molecule has 0 aromatic rings. The molecule has 0 radical (unpaired) electrons. The fourth-order valence-electron chi connectivity index (χ4n) is 10.9. The summed E-state index contributed by atoms with van der Waals surface area (Å²) < 4.78 is 10.8. The molecule has 0 aromatic carbocycles. The van der Waals surface area contributed by atoms with E-state index >= 15 is 0 Å². The topological polar surface area (TPSA) is 86.7 Å². The van der Waals surface area contributed by atoms with Crippen LogP contribution in [0.1, 0.15) is 38.5 Å². The van der Waals surface area contributed by atoms with Crippen LogP contribution in [0.25, 0.3) is 0 Å². The molecule has 0 aromatic heterocycles. The van der Waals surface area contributed by atoms with Crippen molar-refractivity contribution < 1.29 is 28.7 Å². The molecule has 0 N–H and O–H groups in total. The van der Waals surface area contributed by atoms with Gasteiger partial charge in [-0.05, 0) is 61.2 Å². The minimum atomic E-state index is -0.963. The molecule has 6 heteroatoms. The van der Waals surface area contributed by atoms with Crippen LogP contribution in [0.15, 0.2) is 0 Å². The SMILES string of the molecule is COC(=O)[C@@]12[C@@H]3C[C@@]4(CCC4=O)[C@@H]4[C@H]3[C@@H]3[C@@H]1[C@]1(CCC1=O)C[C@@H]3[C@]42C(=O)OC. The Morgan fingerprint density at radius 1 is 0.786 bits per heavy atom. The molecule has 0 aliphatic heterocycles. The maximum Gasteiger partial charge on any atom is 0.313 e. The number of Topliss-reactive ketones (excluding diaryl/α,β-unsaturated/α-hetero) is 2. The van der Waals surface area contributed by atoms with Gasteiger partial charge in [0.1, 0.15) is 11.6 Å². The second kappa shape index (κ2) is 4.10. The van der Waals surface area contributed by atoms with Crippen LogP contribution >= 0.6 is 0 Å². The molecule has 0 saturated heterocycles. The van der Waals surface area contributed by atoms with Crippen LogP contribution in [-0.4, -0.2) is 37.7 Å². The molecule has 0 amide bonds. The molecule has 8 aliphatic rings. The van der Waals surface area contributed by atoms with Gasteiger partial charge in [-0.25, -0.2) is 0 Å². The quantitative estimate of drug-likeness (QED) is 0.672. The van der Waals surface area contributed by atoms with Crippen molar-refractivity contribution in [2.75, 3.05) is 14.2 Å². The summed E-state index contributed by atoms with van der Waals surface area (Å²) in [5.41, 5.74) is -2.80. The Hall–Kier alpha value is -1.72. The van der Waals surface area contributed by atoms with Gasteiger partial charge in [0.15, 0.2) is 0 Å². The van der Waals surface area contributed by atoms with Crippen molar-refractivity contribution >= 4 is 23.5 Å². The Morgan fingerprint density at radius 2 is 1.18 bits per heavy atom. The van der Waals surface area contributed by atoms with E-state index in [1.807, 2.05) is 0 Å². The van der Waals surface area contributed by atoms with Crippen LogP contribution in [0.5, 0.6) is 0 Å². The van der Waals surface area contributed by atoms with E-state index in [1.54, 1.807) is 0 Å². The molecule has 28 heavy (non-hydrogen) atoms. The number of carbonyl (C=O) groups is 4. The highest BCUT2D eigenvalue weighted by molar-refractivity contribution is 6.02. The molecule has 8 bridgehead atoms. The van der Waals surface area contributed by atoms with Crippen molar-refractivity contribution in [2.45, 2.75) is 38.5 Å². The van der Waals surface area contributed by atoms with Crippen LogP contribution in [0.4, 0.5) is 0 Å². The third-order valence-corrected chi connectivity index (χ3v) is 11.1. The van der Waals surface area contributed by atoms with Gasteiger partial charge in [0.2, 0.25) is 0 Å². The van der Waals surface area contributed by atoms with E-state index < -0.39 is 21.7 Å². The number of esters is 2. The van der Waals surface area contributed by atoms with E-state index in [0.29, 0.717) is 25.7 Å². The standard InChI is InChI=1S/C22H24O6/c1-27-17(25)21-9-7-20(6-4-12(20)24)16-13(9)14-10(22(16,21)18(26)28-2)8-19(15(14)21)5-3-11(19)23/h9-10,13-16H,3-8H2,1-2H3/t9-,10+,13-,14-,15-,16+,19-,20-,21-,22-/m1/s1. The zero-order valence-electron chi connectivity index (χ0n) is 16.2. The lowest BCUT2D eigenvalue weighted by Crippen LogP contribution is -2.70. The molecule has 8 aliphatic carbocycles. The van der Waals surface area contributed by atoms with Gasteiger partial charge in [0.25, 0.3) is 0 Å². The smallest absolute Gasteiger partial charge is 0.313 e. The van der Waals surface area contributed by atoms with Crippen molar-refractivity contribution in [3.63, 3.8) is 0 Å². The van der Waals surface area contributed by atoms with Crippen LogP contribution in [0.2, 0.25) is 0 Å². The van der Waals surface area contributed by atoms with Gasteiger partial charge in [-0.1, -0.05) is 0 Å². The van der Waals surface area contributed by atoms with Crippen molar-refractivity contribution in [3.8, 4) is 0 Å². The molecule has 148 valence electrons. The second-order valence-corrected chi connectivity index (χ2v) is 10.6. The molecule has 0 heterocycles. The lowest BCUT2D eigenvalue weighted by Gasteiger charge is -2.63. The van der Waals surface area contributed by atoms with E-state index in [9.17, 15) is 19.2 Å². The Labute approximate surface area is 162 Å². The number of hydrogen-bond donors (Lipinski definition) is 0. The maximum atomic E-state index is 13.5. The highest BCUT2D eigenvalue weighted by Gasteiger charge is 3.02. The summed E-state index contributed by atoms with van der Waals surface area (Å²) in [6.07, 6.45) is 4.21. The largest absolute Gasteiger partial charge is 0.469 e. The summed E-state index contributed by atoms with van der Waals surface area (Å²) in [5, 5.41) is 0.